The van der Waals surface area contributed by atoms with Crippen molar-refractivity contribution < 1.29 is 34.2 Å². The maximum atomic E-state index is 11.4. The Balaban J connectivity index is 2.61. The molecule has 0 bridgehead atoms. The first-order chi connectivity index (χ1) is 8.02. The summed E-state index contributed by atoms with van der Waals surface area (Å²) in [6.07, 6.45) is 0. The topological polar surface area (TPSA) is 113 Å². The summed E-state index contributed by atoms with van der Waals surface area (Å²) in [6, 6.07) is 2.49. The molecular weight excluding hydrogens is 231 g/mol. The molecule has 88 valence electrons. The van der Waals surface area contributed by atoms with Crippen molar-refractivity contribution in [2.75, 3.05) is 6.79 Å². The molecule has 0 aromatic heterocycles. The van der Waals surface area contributed by atoms with E-state index in [0.717, 1.165) is 6.07 Å². The van der Waals surface area contributed by atoms with E-state index in [1.54, 1.807) is 0 Å². The Hall–Kier alpha value is -2.06. The zero-order valence-corrected chi connectivity index (χ0v) is 8.41. The van der Waals surface area contributed by atoms with E-state index >= 15 is 0 Å². The van der Waals surface area contributed by atoms with E-state index in [9.17, 15) is 19.6 Å². The molecule has 0 spiro atoms. The number of aliphatic carboxylic acids is 1. The van der Waals surface area contributed by atoms with Crippen molar-refractivity contribution in [3.8, 4) is 11.5 Å². The van der Waals surface area contributed by atoms with Crippen molar-refractivity contribution in [2.24, 2.45) is 0 Å². The fourth-order valence-electron chi connectivity index (χ4n) is 1.56. The largest absolute Gasteiger partial charge is 0.493 e. The van der Waals surface area contributed by atoms with Crippen LogP contribution >= 0.6 is 0 Å². The Morgan fingerprint density at radius 1 is 1.24 bits per heavy atom. The van der Waals surface area contributed by atoms with Crippen LogP contribution in [0.4, 0.5) is 0 Å². The van der Waals surface area contributed by atoms with E-state index in [1.165, 1.54) is 6.07 Å². The SMILES string of the molecule is O=C(O)C(=O)c1ccc2c(c1B(O)O)OCO2. The van der Waals surface area contributed by atoms with E-state index in [0.29, 0.717) is 0 Å². The highest BCUT2D eigenvalue weighted by molar-refractivity contribution is 6.63. The fraction of sp³-hybridized carbons (Fsp3) is 0.111. The van der Waals surface area contributed by atoms with E-state index in [1.807, 2.05) is 0 Å². The first-order valence-corrected chi connectivity index (χ1v) is 4.58. The number of benzene rings is 1. The molecule has 3 N–H and O–H groups in total. The molecule has 0 aliphatic carbocycles. The Bertz CT molecular complexity index is 496. The van der Waals surface area contributed by atoms with Gasteiger partial charge in [-0.2, -0.15) is 0 Å². The minimum atomic E-state index is -2.02. The van der Waals surface area contributed by atoms with Crippen LogP contribution in [0.3, 0.4) is 0 Å². The molecule has 0 saturated heterocycles. The third kappa shape index (κ3) is 1.83. The van der Waals surface area contributed by atoms with Gasteiger partial charge in [0.1, 0.15) is 0 Å². The lowest BCUT2D eigenvalue weighted by Crippen LogP contribution is -2.37. The summed E-state index contributed by atoms with van der Waals surface area (Å²) in [5.41, 5.74) is -0.635. The van der Waals surface area contributed by atoms with Crippen LogP contribution in [0.15, 0.2) is 12.1 Å². The highest BCUT2D eigenvalue weighted by Crippen LogP contribution is 2.31. The van der Waals surface area contributed by atoms with Gasteiger partial charge in [-0.25, -0.2) is 4.79 Å². The molecule has 17 heavy (non-hydrogen) atoms. The average Bonchev–Trinajstić information content (AvgIpc) is 2.73. The van der Waals surface area contributed by atoms with Gasteiger partial charge in [0.05, 0.1) is 0 Å². The highest BCUT2D eigenvalue weighted by Gasteiger charge is 2.32. The van der Waals surface area contributed by atoms with E-state index < -0.39 is 18.9 Å². The second kappa shape index (κ2) is 4.08. The second-order valence-electron chi connectivity index (χ2n) is 3.27. The van der Waals surface area contributed by atoms with E-state index in [-0.39, 0.29) is 29.3 Å². The van der Waals surface area contributed by atoms with Crippen LogP contribution in [0.1, 0.15) is 10.4 Å². The third-order valence-electron chi connectivity index (χ3n) is 2.27. The number of fused-ring (bicyclic) bond motifs is 1. The van der Waals surface area contributed by atoms with Crippen molar-refractivity contribution in [1.82, 2.24) is 0 Å². The van der Waals surface area contributed by atoms with E-state index in [4.69, 9.17) is 14.6 Å². The lowest BCUT2D eigenvalue weighted by Gasteiger charge is -2.09. The molecule has 1 aliphatic rings. The molecule has 8 heteroatoms. The summed E-state index contributed by atoms with van der Waals surface area (Å²) >= 11 is 0. The fourth-order valence-corrected chi connectivity index (χ4v) is 1.56. The number of hydrogen-bond donors (Lipinski definition) is 3. The van der Waals surface area contributed by atoms with Crippen LogP contribution in [-0.4, -0.2) is 40.8 Å². The molecular formula is C9H7BO7. The van der Waals surface area contributed by atoms with Crippen LogP contribution < -0.4 is 14.9 Å². The van der Waals surface area contributed by atoms with Crippen molar-refractivity contribution in [3.05, 3.63) is 17.7 Å². The Labute approximate surface area is 95.3 Å². The molecule has 1 aromatic rings. The zero-order valence-electron chi connectivity index (χ0n) is 8.41. The van der Waals surface area contributed by atoms with E-state index in [2.05, 4.69) is 0 Å². The smallest absolute Gasteiger partial charge is 0.475 e. The van der Waals surface area contributed by atoms with Gasteiger partial charge in [0.2, 0.25) is 6.79 Å². The number of carbonyl (C=O) groups excluding carboxylic acids is 1. The average molecular weight is 238 g/mol. The standard InChI is InChI=1S/C9H7BO7/c11-7(9(12)13)4-1-2-5-8(17-3-16-5)6(4)10(14)15/h1-2,14-15H,3H2,(H,12,13). The summed E-state index contributed by atoms with van der Waals surface area (Å²) in [7, 11) is -2.02. The molecule has 1 heterocycles. The maximum absolute atomic E-state index is 11.4. The van der Waals surface area contributed by atoms with Gasteiger partial charge >= 0.3 is 13.1 Å². The Morgan fingerprint density at radius 3 is 2.53 bits per heavy atom. The summed E-state index contributed by atoms with van der Waals surface area (Å²) in [5.74, 6) is -2.72. The molecule has 0 unspecified atom stereocenters. The number of hydrogen-bond acceptors (Lipinski definition) is 6. The number of ether oxygens (including phenoxy) is 2. The van der Waals surface area contributed by atoms with Crippen LogP contribution in [-0.2, 0) is 4.79 Å². The zero-order chi connectivity index (χ0) is 12.6. The maximum Gasteiger partial charge on any atom is 0.493 e. The number of carboxylic acid groups (broad SMARTS) is 1. The van der Waals surface area contributed by atoms with Crippen LogP contribution in [0, 0.1) is 0 Å². The number of Topliss-reactive ketones (excluding diaryl/α,β-unsaturated/α-hetero) is 1. The number of carboxylic acids is 1. The minimum Gasteiger partial charge on any atom is -0.475 e. The highest BCUT2D eigenvalue weighted by atomic mass is 16.7. The molecule has 1 aromatic carbocycles. The predicted molar refractivity (Wildman–Crippen MR) is 54.4 cm³/mol. The molecule has 7 nitrogen and oxygen atoms in total. The quantitative estimate of drug-likeness (QED) is 0.328. The number of rotatable bonds is 3. The number of ketones is 1. The van der Waals surface area contributed by atoms with Gasteiger partial charge in [0.15, 0.2) is 11.5 Å². The van der Waals surface area contributed by atoms with Gasteiger partial charge in [-0.3, -0.25) is 4.79 Å². The number of carbonyl (C=O) groups is 2. The van der Waals surface area contributed by atoms with Crippen molar-refractivity contribution in [3.63, 3.8) is 0 Å². The Kier molecular flexibility index (Phi) is 2.74. The third-order valence-corrected chi connectivity index (χ3v) is 2.27. The van der Waals surface area contributed by atoms with Crippen LogP contribution in [0.2, 0.25) is 0 Å². The van der Waals surface area contributed by atoms with Gasteiger partial charge in [-0.15, -0.1) is 0 Å². The van der Waals surface area contributed by atoms with Gasteiger partial charge < -0.3 is 24.6 Å². The van der Waals surface area contributed by atoms with Gasteiger partial charge in [-0.1, -0.05) is 0 Å². The van der Waals surface area contributed by atoms with Gasteiger partial charge in [0, 0.05) is 11.0 Å². The lowest BCUT2D eigenvalue weighted by molar-refractivity contribution is -0.131. The van der Waals surface area contributed by atoms with Gasteiger partial charge in [0.25, 0.3) is 5.78 Å². The molecule has 1 aliphatic heterocycles. The Morgan fingerprint density at radius 2 is 1.94 bits per heavy atom. The lowest BCUT2D eigenvalue weighted by atomic mass is 9.75. The molecule has 0 saturated carbocycles. The predicted octanol–water partition coefficient (Wildman–Crippen LogP) is -1.64. The van der Waals surface area contributed by atoms with Gasteiger partial charge in [-0.05, 0) is 12.1 Å². The van der Waals surface area contributed by atoms with Crippen LogP contribution in [0.5, 0.6) is 11.5 Å². The molecule has 2 rings (SSSR count). The summed E-state index contributed by atoms with van der Waals surface area (Å²) in [5, 5.41) is 27.0. The van der Waals surface area contributed by atoms with Crippen molar-refractivity contribution in [2.45, 2.75) is 0 Å². The minimum absolute atomic E-state index is 0.0212. The van der Waals surface area contributed by atoms with Crippen LogP contribution in [0.25, 0.3) is 0 Å². The first kappa shape index (κ1) is 11.4. The van der Waals surface area contributed by atoms with Crippen molar-refractivity contribution in [1.29, 1.82) is 0 Å². The molecule has 0 amide bonds. The summed E-state index contributed by atoms with van der Waals surface area (Å²) in [4.78, 5) is 21.9. The first-order valence-electron chi connectivity index (χ1n) is 4.58. The van der Waals surface area contributed by atoms with Crippen molar-refractivity contribution >= 4 is 24.3 Å². The molecule has 0 fully saturated rings. The summed E-state index contributed by atoms with van der Waals surface area (Å²) in [6.45, 7) is -0.125. The summed E-state index contributed by atoms with van der Waals surface area (Å²) < 4.78 is 9.96. The molecule has 0 radical (unpaired) electrons. The molecule has 0 atom stereocenters. The second-order valence-corrected chi connectivity index (χ2v) is 3.27. The normalized spacial score (nSPS) is 12.4. The monoisotopic (exact) mass is 238 g/mol.